The highest BCUT2D eigenvalue weighted by atomic mass is 32.2. The number of para-hydroxylation sites is 1. The maximum atomic E-state index is 12.4. The number of fused-ring (bicyclic) bond motifs is 3. The van der Waals surface area contributed by atoms with Crippen molar-refractivity contribution in [2.75, 3.05) is 16.5 Å². The molecule has 0 spiro atoms. The predicted octanol–water partition coefficient (Wildman–Crippen LogP) is 5.22. The predicted molar refractivity (Wildman–Crippen MR) is 124 cm³/mol. The molecule has 30 heavy (non-hydrogen) atoms. The van der Waals surface area contributed by atoms with Gasteiger partial charge in [-0.15, -0.1) is 23.1 Å². The van der Waals surface area contributed by atoms with Gasteiger partial charge in [-0.05, 0) is 18.2 Å². The molecule has 3 heterocycles. The van der Waals surface area contributed by atoms with Gasteiger partial charge in [0, 0.05) is 27.8 Å². The van der Waals surface area contributed by atoms with E-state index in [9.17, 15) is 4.79 Å². The van der Waals surface area contributed by atoms with Crippen LogP contribution in [-0.2, 0) is 10.5 Å². The average molecular weight is 452 g/mol. The monoisotopic (exact) mass is 451 g/mol. The third kappa shape index (κ3) is 3.96. The maximum Gasteiger partial charge on any atom is 0.236 e. The fourth-order valence-electron chi connectivity index (χ4n) is 3.17. The second kappa shape index (κ2) is 8.55. The molecule has 0 saturated heterocycles. The van der Waals surface area contributed by atoms with Gasteiger partial charge in [0.2, 0.25) is 5.91 Å². The van der Waals surface area contributed by atoms with Crippen LogP contribution >= 0.6 is 34.9 Å². The number of amides is 1. The van der Waals surface area contributed by atoms with Crippen LogP contribution in [0.1, 0.15) is 5.69 Å². The lowest BCUT2D eigenvalue weighted by Crippen LogP contribution is -2.16. The first-order valence-corrected chi connectivity index (χ1v) is 12.1. The topological polar surface area (TPSA) is 71.8 Å². The van der Waals surface area contributed by atoms with Crippen molar-refractivity contribution in [2.24, 2.45) is 0 Å². The largest absolute Gasteiger partial charge is 0.301 e. The fourth-order valence-corrected chi connectivity index (χ4v) is 5.47. The first-order chi connectivity index (χ1) is 14.8. The number of nitrogens with zero attached hydrogens (tertiary/aromatic N) is 3. The van der Waals surface area contributed by atoms with Crippen molar-refractivity contribution < 1.29 is 4.79 Å². The van der Waals surface area contributed by atoms with Crippen LogP contribution in [0.3, 0.4) is 0 Å². The quantitative estimate of drug-likeness (QED) is 0.392. The zero-order valence-electron chi connectivity index (χ0n) is 15.7. The Morgan fingerprint density at radius 3 is 2.80 bits per heavy atom. The maximum absolute atomic E-state index is 12.4. The van der Waals surface area contributed by atoms with Crippen molar-refractivity contribution in [3.8, 4) is 11.3 Å². The molecule has 1 aliphatic heterocycles. The molecule has 5 rings (SSSR count). The molecule has 0 aliphatic carbocycles. The molecule has 0 bridgehead atoms. The zero-order chi connectivity index (χ0) is 20.3. The average Bonchev–Trinajstić information content (AvgIpc) is 3.41. The fraction of sp³-hybridized carbons (Fsp3) is 0.0952. The van der Waals surface area contributed by atoms with Crippen molar-refractivity contribution in [1.29, 1.82) is 0 Å². The van der Waals surface area contributed by atoms with Gasteiger partial charge in [-0.1, -0.05) is 48.2 Å². The SMILES string of the molecule is O=C(CSc1nc2c(n1Nc1ccccc1)-c1ccccc1SC2)Nc1nccs1. The summed E-state index contributed by atoms with van der Waals surface area (Å²) >= 11 is 4.60. The van der Waals surface area contributed by atoms with E-state index in [4.69, 9.17) is 4.98 Å². The number of aromatic nitrogens is 3. The smallest absolute Gasteiger partial charge is 0.236 e. The molecule has 0 atom stereocenters. The van der Waals surface area contributed by atoms with Gasteiger partial charge in [0.05, 0.1) is 22.8 Å². The molecule has 2 N–H and O–H groups in total. The van der Waals surface area contributed by atoms with E-state index in [0.29, 0.717) is 5.13 Å². The normalized spacial score (nSPS) is 12.1. The lowest BCUT2D eigenvalue weighted by molar-refractivity contribution is -0.113. The number of benzene rings is 2. The summed E-state index contributed by atoms with van der Waals surface area (Å²) in [6.07, 6.45) is 1.67. The van der Waals surface area contributed by atoms with Gasteiger partial charge in [0.1, 0.15) is 0 Å². The highest BCUT2D eigenvalue weighted by Crippen LogP contribution is 2.42. The van der Waals surface area contributed by atoms with Crippen LogP contribution in [0, 0.1) is 0 Å². The molecule has 1 amide bonds. The van der Waals surface area contributed by atoms with Gasteiger partial charge >= 0.3 is 0 Å². The van der Waals surface area contributed by atoms with Gasteiger partial charge in [-0.25, -0.2) is 14.6 Å². The number of thioether (sulfide) groups is 2. The minimum atomic E-state index is -0.100. The van der Waals surface area contributed by atoms with Gasteiger partial charge < -0.3 is 5.32 Å². The highest BCUT2D eigenvalue weighted by molar-refractivity contribution is 8.00. The van der Waals surface area contributed by atoms with E-state index < -0.39 is 0 Å². The van der Waals surface area contributed by atoms with Crippen LogP contribution in [0.15, 0.2) is 76.2 Å². The van der Waals surface area contributed by atoms with E-state index in [1.54, 1.807) is 18.0 Å². The molecular weight excluding hydrogens is 434 g/mol. The standard InChI is InChI=1S/C21H17N5OS3/c27-18(24-20-22-10-11-28-20)13-30-21-23-16-12-29-17-9-5-4-8-15(17)19(16)26(21)25-14-6-2-1-3-7-14/h1-11,25H,12-13H2,(H,22,24,27). The van der Waals surface area contributed by atoms with Gasteiger partial charge in [-0.2, -0.15) is 0 Å². The second-order valence-electron chi connectivity index (χ2n) is 6.46. The lowest BCUT2D eigenvalue weighted by Gasteiger charge is -2.19. The van der Waals surface area contributed by atoms with Crippen molar-refractivity contribution in [3.63, 3.8) is 0 Å². The van der Waals surface area contributed by atoms with E-state index in [1.165, 1.54) is 28.0 Å². The van der Waals surface area contributed by atoms with Gasteiger partial charge in [0.25, 0.3) is 0 Å². The van der Waals surface area contributed by atoms with Crippen molar-refractivity contribution in [2.45, 2.75) is 15.8 Å². The number of nitrogens with one attached hydrogen (secondary N) is 2. The van der Waals surface area contributed by atoms with Crippen molar-refractivity contribution >= 4 is 51.6 Å². The number of hydrogen-bond acceptors (Lipinski definition) is 7. The number of imidazole rings is 1. The van der Waals surface area contributed by atoms with E-state index >= 15 is 0 Å². The summed E-state index contributed by atoms with van der Waals surface area (Å²) < 4.78 is 2.00. The van der Waals surface area contributed by atoms with Crippen molar-refractivity contribution in [1.82, 2.24) is 14.6 Å². The summed E-state index contributed by atoms with van der Waals surface area (Å²) in [4.78, 5) is 22.6. The number of rotatable bonds is 6. The first-order valence-electron chi connectivity index (χ1n) is 9.26. The molecule has 4 aromatic rings. The molecule has 2 aromatic heterocycles. The summed E-state index contributed by atoms with van der Waals surface area (Å²) in [5.41, 5.74) is 7.66. The highest BCUT2D eigenvalue weighted by Gasteiger charge is 2.25. The molecule has 6 nitrogen and oxygen atoms in total. The minimum Gasteiger partial charge on any atom is -0.301 e. The number of thiazole rings is 1. The molecule has 0 saturated carbocycles. The van der Waals surface area contributed by atoms with Crippen LogP contribution in [0.5, 0.6) is 0 Å². The first kappa shape index (κ1) is 19.2. The molecule has 1 aliphatic rings. The Labute approximate surface area is 186 Å². The molecule has 150 valence electrons. The second-order valence-corrected chi connectivity index (χ2v) is 9.32. The van der Waals surface area contributed by atoms with E-state index in [1.807, 2.05) is 46.5 Å². The molecular formula is C21H17N5OS3. The summed E-state index contributed by atoms with van der Waals surface area (Å²) in [5.74, 6) is 0.951. The summed E-state index contributed by atoms with van der Waals surface area (Å²) in [6, 6.07) is 18.3. The van der Waals surface area contributed by atoms with Gasteiger partial charge in [0.15, 0.2) is 10.3 Å². The number of anilines is 2. The van der Waals surface area contributed by atoms with Crippen LogP contribution in [-0.4, -0.2) is 26.3 Å². The lowest BCUT2D eigenvalue weighted by atomic mass is 10.1. The van der Waals surface area contributed by atoms with E-state index in [2.05, 4.69) is 33.9 Å². The molecule has 0 unspecified atom stereocenters. The Morgan fingerprint density at radius 2 is 1.97 bits per heavy atom. The third-order valence-electron chi connectivity index (χ3n) is 4.45. The number of hydrogen-bond donors (Lipinski definition) is 2. The summed E-state index contributed by atoms with van der Waals surface area (Å²) in [5, 5.41) is 6.03. The molecule has 0 fully saturated rings. The number of carbonyl (C=O) groups excluding carboxylic acids is 1. The van der Waals surface area contributed by atoms with Crippen molar-refractivity contribution in [3.05, 3.63) is 71.9 Å². The summed E-state index contributed by atoms with van der Waals surface area (Å²) in [6.45, 7) is 0. The Hall–Kier alpha value is -2.75. The molecule has 0 radical (unpaired) electrons. The molecule has 9 heteroatoms. The Balaban J connectivity index is 1.46. The Bertz CT molecular complexity index is 1170. The Morgan fingerprint density at radius 1 is 1.13 bits per heavy atom. The van der Waals surface area contributed by atoms with Crippen LogP contribution < -0.4 is 10.7 Å². The van der Waals surface area contributed by atoms with Gasteiger partial charge in [-0.3, -0.25) is 10.2 Å². The van der Waals surface area contributed by atoms with Crippen LogP contribution in [0.4, 0.5) is 10.8 Å². The number of carbonyl (C=O) groups is 1. The minimum absolute atomic E-state index is 0.100. The zero-order valence-corrected chi connectivity index (χ0v) is 18.2. The Kier molecular flexibility index (Phi) is 5.48. The van der Waals surface area contributed by atoms with E-state index in [0.717, 1.165) is 33.5 Å². The summed E-state index contributed by atoms with van der Waals surface area (Å²) in [7, 11) is 0. The third-order valence-corrected chi connectivity index (χ3v) is 7.16. The molecule has 2 aromatic carbocycles. The van der Waals surface area contributed by atoms with Crippen LogP contribution in [0.2, 0.25) is 0 Å². The van der Waals surface area contributed by atoms with E-state index in [-0.39, 0.29) is 11.7 Å². The van der Waals surface area contributed by atoms with Crippen LogP contribution in [0.25, 0.3) is 11.3 Å².